The maximum Gasteiger partial charge on any atom is 0.315 e. The summed E-state index contributed by atoms with van der Waals surface area (Å²) in [4.78, 5) is 11.8. The molecule has 0 spiro atoms. The second kappa shape index (κ2) is 8.55. The molecule has 0 aromatic heterocycles. The molecular formula is C17H26N2O2. The van der Waals surface area contributed by atoms with Gasteiger partial charge >= 0.3 is 6.03 Å². The first-order valence-corrected chi connectivity index (χ1v) is 7.98. The van der Waals surface area contributed by atoms with Crippen molar-refractivity contribution < 1.29 is 9.53 Å². The van der Waals surface area contributed by atoms with E-state index in [9.17, 15) is 4.79 Å². The lowest BCUT2D eigenvalue weighted by molar-refractivity contribution is 0.231. The van der Waals surface area contributed by atoms with Crippen molar-refractivity contribution in [2.24, 2.45) is 0 Å². The van der Waals surface area contributed by atoms with E-state index >= 15 is 0 Å². The number of urea groups is 1. The van der Waals surface area contributed by atoms with Crippen LogP contribution in [0.3, 0.4) is 0 Å². The van der Waals surface area contributed by atoms with Crippen molar-refractivity contribution in [2.45, 2.75) is 51.5 Å². The van der Waals surface area contributed by atoms with Gasteiger partial charge in [0, 0.05) is 6.04 Å². The molecule has 0 aliphatic heterocycles. The Kier molecular flexibility index (Phi) is 6.38. The molecule has 2 amide bonds. The molecule has 0 atom stereocenters. The monoisotopic (exact) mass is 290 g/mol. The number of hydrogen-bond acceptors (Lipinski definition) is 2. The molecule has 1 aromatic carbocycles. The number of carbonyl (C=O) groups is 1. The summed E-state index contributed by atoms with van der Waals surface area (Å²) < 4.78 is 5.65. The molecular weight excluding hydrogens is 264 g/mol. The van der Waals surface area contributed by atoms with Crippen molar-refractivity contribution in [1.82, 2.24) is 10.6 Å². The standard InChI is InChI=1S/C17H26N2O2/c1-14-8-6-7-11-16(14)21-13-12-18-17(20)19-15-9-4-2-3-5-10-15/h6-8,11,15H,2-5,9-10,12-13H2,1H3,(H2,18,19,20). The van der Waals surface area contributed by atoms with E-state index in [-0.39, 0.29) is 6.03 Å². The summed E-state index contributed by atoms with van der Waals surface area (Å²) in [7, 11) is 0. The minimum Gasteiger partial charge on any atom is -0.491 e. The second-order valence-electron chi connectivity index (χ2n) is 5.70. The minimum atomic E-state index is -0.0738. The summed E-state index contributed by atoms with van der Waals surface area (Å²) in [5.41, 5.74) is 1.11. The third-order valence-electron chi connectivity index (χ3n) is 3.93. The molecule has 1 aromatic rings. The Labute approximate surface area is 127 Å². The van der Waals surface area contributed by atoms with Crippen LogP contribution in [0, 0.1) is 6.92 Å². The van der Waals surface area contributed by atoms with Gasteiger partial charge in [0.1, 0.15) is 12.4 Å². The molecule has 1 fully saturated rings. The molecule has 0 bridgehead atoms. The van der Waals surface area contributed by atoms with E-state index < -0.39 is 0 Å². The van der Waals surface area contributed by atoms with Gasteiger partial charge in [0.15, 0.2) is 0 Å². The quantitative estimate of drug-likeness (QED) is 0.645. The Morgan fingerprint density at radius 2 is 1.90 bits per heavy atom. The normalized spacial score (nSPS) is 16.0. The Hall–Kier alpha value is -1.71. The van der Waals surface area contributed by atoms with E-state index in [1.54, 1.807) is 0 Å². The summed E-state index contributed by atoms with van der Waals surface area (Å²) in [6.45, 7) is 3.03. The van der Waals surface area contributed by atoms with Crippen LogP contribution in [-0.4, -0.2) is 25.2 Å². The SMILES string of the molecule is Cc1ccccc1OCCNC(=O)NC1CCCCCC1. The third-order valence-corrected chi connectivity index (χ3v) is 3.93. The van der Waals surface area contributed by atoms with Crippen molar-refractivity contribution in [1.29, 1.82) is 0 Å². The largest absolute Gasteiger partial charge is 0.491 e. The molecule has 1 saturated carbocycles. The number of para-hydroxylation sites is 1. The zero-order valence-corrected chi connectivity index (χ0v) is 12.9. The molecule has 4 heteroatoms. The summed E-state index contributed by atoms with van der Waals surface area (Å²) >= 11 is 0. The lowest BCUT2D eigenvalue weighted by Gasteiger charge is -2.17. The molecule has 2 N–H and O–H groups in total. The first-order valence-electron chi connectivity index (χ1n) is 7.98. The fraction of sp³-hybridized carbons (Fsp3) is 0.588. The highest BCUT2D eigenvalue weighted by Crippen LogP contribution is 2.17. The van der Waals surface area contributed by atoms with Crippen molar-refractivity contribution in [3.05, 3.63) is 29.8 Å². The van der Waals surface area contributed by atoms with Crippen LogP contribution in [0.2, 0.25) is 0 Å². The van der Waals surface area contributed by atoms with E-state index in [2.05, 4.69) is 10.6 Å². The number of ether oxygens (including phenoxy) is 1. The predicted octanol–water partition coefficient (Wildman–Crippen LogP) is 3.40. The summed E-state index contributed by atoms with van der Waals surface area (Å²) in [5.74, 6) is 0.878. The van der Waals surface area contributed by atoms with Gasteiger partial charge in [-0.05, 0) is 31.4 Å². The van der Waals surface area contributed by atoms with Gasteiger partial charge in [0.25, 0.3) is 0 Å². The maximum atomic E-state index is 11.8. The van der Waals surface area contributed by atoms with E-state index in [1.165, 1.54) is 25.7 Å². The van der Waals surface area contributed by atoms with Crippen molar-refractivity contribution >= 4 is 6.03 Å². The second-order valence-corrected chi connectivity index (χ2v) is 5.70. The number of aryl methyl sites for hydroxylation is 1. The number of amides is 2. The molecule has 2 rings (SSSR count). The molecule has 0 heterocycles. The predicted molar refractivity (Wildman–Crippen MR) is 84.7 cm³/mol. The van der Waals surface area contributed by atoms with Crippen LogP contribution in [0.5, 0.6) is 5.75 Å². The number of nitrogens with one attached hydrogen (secondary N) is 2. The van der Waals surface area contributed by atoms with E-state index in [0.717, 1.165) is 24.2 Å². The lowest BCUT2D eigenvalue weighted by atomic mass is 10.1. The van der Waals surface area contributed by atoms with Crippen molar-refractivity contribution in [3.8, 4) is 5.75 Å². The fourth-order valence-electron chi connectivity index (χ4n) is 2.70. The fourth-order valence-corrected chi connectivity index (χ4v) is 2.70. The van der Waals surface area contributed by atoms with Gasteiger partial charge in [0.05, 0.1) is 6.54 Å². The smallest absolute Gasteiger partial charge is 0.315 e. The maximum absolute atomic E-state index is 11.8. The van der Waals surface area contributed by atoms with Crippen LogP contribution in [0.25, 0.3) is 0 Å². The zero-order valence-electron chi connectivity index (χ0n) is 12.9. The number of rotatable bonds is 5. The molecule has 1 aliphatic carbocycles. The van der Waals surface area contributed by atoms with Crippen molar-refractivity contribution in [2.75, 3.05) is 13.2 Å². The minimum absolute atomic E-state index is 0.0738. The summed E-state index contributed by atoms with van der Waals surface area (Å²) in [6.07, 6.45) is 7.25. The Morgan fingerprint density at radius 3 is 2.62 bits per heavy atom. The van der Waals surface area contributed by atoms with Crippen LogP contribution in [-0.2, 0) is 0 Å². The lowest BCUT2D eigenvalue weighted by Crippen LogP contribution is -2.43. The van der Waals surface area contributed by atoms with Crippen molar-refractivity contribution in [3.63, 3.8) is 0 Å². The molecule has 1 aliphatic rings. The molecule has 0 saturated heterocycles. The first kappa shape index (κ1) is 15.7. The van der Waals surface area contributed by atoms with Crippen LogP contribution in [0.4, 0.5) is 4.79 Å². The average molecular weight is 290 g/mol. The Bertz CT molecular complexity index is 440. The van der Waals surface area contributed by atoms with Gasteiger partial charge in [-0.3, -0.25) is 0 Å². The van der Waals surface area contributed by atoms with Gasteiger partial charge in [0.2, 0.25) is 0 Å². The number of hydrogen-bond donors (Lipinski definition) is 2. The number of benzene rings is 1. The Balaban J connectivity index is 1.62. The van der Waals surface area contributed by atoms with E-state index in [4.69, 9.17) is 4.74 Å². The van der Waals surface area contributed by atoms with Gasteiger partial charge in [-0.2, -0.15) is 0 Å². The summed E-state index contributed by atoms with van der Waals surface area (Å²) in [5, 5.41) is 5.93. The third kappa shape index (κ3) is 5.66. The summed E-state index contributed by atoms with van der Waals surface area (Å²) in [6, 6.07) is 8.16. The van der Waals surface area contributed by atoms with Gasteiger partial charge < -0.3 is 15.4 Å². The van der Waals surface area contributed by atoms with Crippen LogP contribution in [0.15, 0.2) is 24.3 Å². The Morgan fingerprint density at radius 1 is 1.19 bits per heavy atom. The highest BCUT2D eigenvalue weighted by atomic mass is 16.5. The van der Waals surface area contributed by atoms with Gasteiger partial charge in [-0.25, -0.2) is 4.79 Å². The molecule has 0 radical (unpaired) electrons. The molecule has 4 nitrogen and oxygen atoms in total. The van der Waals surface area contributed by atoms with E-state index in [0.29, 0.717) is 19.2 Å². The van der Waals surface area contributed by atoms with Gasteiger partial charge in [-0.1, -0.05) is 43.9 Å². The molecule has 116 valence electrons. The van der Waals surface area contributed by atoms with Crippen LogP contribution < -0.4 is 15.4 Å². The zero-order chi connectivity index (χ0) is 14.9. The first-order chi connectivity index (χ1) is 10.3. The average Bonchev–Trinajstić information content (AvgIpc) is 2.74. The molecule has 21 heavy (non-hydrogen) atoms. The highest BCUT2D eigenvalue weighted by Gasteiger charge is 2.14. The van der Waals surface area contributed by atoms with Crippen LogP contribution >= 0.6 is 0 Å². The highest BCUT2D eigenvalue weighted by molar-refractivity contribution is 5.74. The molecule has 0 unspecified atom stereocenters. The number of carbonyl (C=O) groups excluding carboxylic acids is 1. The van der Waals surface area contributed by atoms with Crippen LogP contribution in [0.1, 0.15) is 44.1 Å². The van der Waals surface area contributed by atoms with Gasteiger partial charge in [-0.15, -0.1) is 0 Å². The van der Waals surface area contributed by atoms with E-state index in [1.807, 2.05) is 31.2 Å². The topological polar surface area (TPSA) is 50.4 Å².